The Hall–Kier alpha value is -2.87. The Labute approximate surface area is 193 Å². The molecular weight excluding hydrogens is 424 g/mol. The van der Waals surface area contributed by atoms with Crippen LogP contribution in [-0.4, -0.2) is 42.0 Å². The highest BCUT2D eigenvalue weighted by atomic mass is 19.3. The van der Waals surface area contributed by atoms with E-state index in [9.17, 15) is 8.78 Å². The Morgan fingerprint density at radius 3 is 2.64 bits per heavy atom. The number of pyridine rings is 1. The summed E-state index contributed by atoms with van der Waals surface area (Å²) in [5, 5.41) is 12.9. The smallest absolute Gasteiger partial charge is 0.264 e. The van der Waals surface area contributed by atoms with E-state index < -0.39 is 6.43 Å². The van der Waals surface area contributed by atoms with Gasteiger partial charge in [0.25, 0.3) is 6.43 Å². The first kappa shape index (κ1) is 23.3. The standard InChI is InChI=1S/C25H31F2N5O/c1-14-12-33-13-18(14)11-32(5)19-9-22-23(28-10-19)17(4)30-31-25(22)29-16(3)20-7-6-8-21(15(20)2)24(26)27/h6-10,14,16,18,24H,11-13H2,1-5H3,(H,29,31)/t14-,16+,18+/m0/s1. The zero-order valence-corrected chi connectivity index (χ0v) is 19.8. The highest BCUT2D eigenvalue weighted by molar-refractivity contribution is 5.92. The van der Waals surface area contributed by atoms with Crippen LogP contribution in [0, 0.1) is 25.7 Å². The summed E-state index contributed by atoms with van der Waals surface area (Å²) in [6, 6.07) is 6.84. The molecule has 3 atom stereocenters. The predicted molar refractivity (Wildman–Crippen MR) is 127 cm³/mol. The molecule has 0 amide bonds. The molecule has 0 radical (unpaired) electrons. The van der Waals surface area contributed by atoms with E-state index in [0.29, 0.717) is 23.2 Å². The molecule has 0 aliphatic carbocycles. The van der Waals surface area contributed by atoms with Crippen molar-refractivity contribution in [3.8, 4) is 0 Å². The quantitative estimate of drug-likeness (QED) is 0.510. The monoisotopic (exact) mass is 455 g/mol. The molecule has 0 unspecified atom stereocenters. The van der Waals surface area contributed by atoms with Gasteiger partial charge in [-0.2, -0.15) is 5.10 Å². The lowest BCUT2D eigenvalue weighted by atomic mass is 9.97. The number of halogens is 2. The zero-order valence-electron chi connectivity index (χ0n) is 19.8. The molecule has 2 aromatic heterocycles. The van der Waals surface area contributed by atoms with Gasteiger partial charge in [-0.3, -0.25) is 4.98 Å². The summed E-state index contributed by atoms with van der Waals surface area (Å²) in [6.07, 6.45) is -0.645. The van der Waals surface area contributed by atoms with Crippen molar-refractivity contribution in [3.63, 3.8) is 0 Å². The van der Waals surface area contributed by atoms with Crippen molar-refractivity contribution in [2.75, 3.05) is 37.0 Å². The summed E-state index contributed by atoms with van der Waals surface area (Å²) < 4.78 is 32.4. The predicted octanol–water partition coefficient (Wildman–Crippen LogP) is 5.47. The molecule has 176 valence electrons. The van der Waals surface area contributed by atoms with Crippen LogP contribution < -0.4 is 10.2 Å². The second-order valence-corrected chi connectivity index (χ2v) is 9.11. The lowest BCUT2D eigenvalue weighted by Crippen LogP contribution is -2.28. The van der Waals surface area contributed by atoms with Crippen molar-refractivity contribution < 1.29 is 13.5 Å². The van der Waals surface area contributed by atoms with Crippen molar-refractivity contribution in [1.82, 2.24) is 15.2 Å². The van der Waals surface area contributed by atoms with Crippen LogP contribution in [0.2, 0.25) is 0 Å². The van der Waals surface area contributed by atoms with E-state index >= 15 is 0 Å². The molecule has 1 fully saturated rings. The SMILES string of the molecule is Cc1c(C(F)F)cccc1[C@@H](C)Nc1nnc(C)c2ncc(N(C)C[C@@H]3COC[C@@H]3C)cc12. The van der Waals surface area contributed by atoms with Crippen LogP contribution in [0.1, 0.15) is 48.7 Å². The Morgan fingerprint density at radius 2 is 1.94 bits per heavy atom. The van der Waals surface area contributed by atoms with Crippen molar-refractivity contribution in [2.24, 2.45) is 11.8 Å². The van der Waals surface area contributed by atoms with E-state index in [1.807, 2.05) is 26.1 Å². The van der Waals surface area contributed by atoms with Gasteiger partial charge in [0.15, 0.2) is 5.82 Å². The number of fused-ring (bicyclic) bond motifs is 1. The Balaban J connectivity index is 1.64. The lowest BCUT2D eigenvalue weighted by molar-refractivity contribution is 0.150. The van der Waals surface area contributed by atoms with E-state index in [1.165, 1.54) is 6.07 Å². The van der Waals surface area contributed by atoms with Crippen LogP contribution in [-0.2, 0) is 4.74 Å². The normalized spacial score (nSPS) is 19.3. The van der Waals surface area contributed by atoms with E-state index in [-0.39, 0.29) is 11.6 Å². The number of ether oxygens (including phenoxy) is 1. The Morgan fingerprint density at radius 1 is 1.18 bits per heavy atom. The summed E-state index contributed by atoms with van der Waals surface area (Å²) in [7, 11) is 2.06. The fraction of sp³-hybridized carbons (Fsp3) is 0.480. The van der Waals surface area contributed by atoms with Crippen molar-refractivity contribution in [3.05, 3.63) is 52.8 Å². The largest absolute Gasteiger partial charge is 0.381 e. The molecule has 0 bridgehead atoms. The third-order valence-electron chi connectivity index (χ3n) is 6.71. The van der Waals surface area contributed by atoms with E-state index in [1.54, 1.807) is 13.0 Å². The number of hydrogen-bond donors (Lipinski definition) is 1. The second-order valence-electron chi connectivity index (χ2n) is 9.11. The maximum absolute atomic E-state index is 13.4. The second kappa shape index (κ2) is 9.55. The molecule has 4 rings (SSSR count). The van der Waals surface area contributed by atoms with Crippen LogP contribution in [0.15, 0.2) is 30.5 Å². The van der Waals surface area contributed by atoms with Gasteiger partial charge in [0.1, 0.15) is 0 Å². The third kappa shape index (κ3) is 4.76. The van der Waals surface area contributed by atoms with Gasteiger partial charge >= 0.3 is 0 Å². The van der Waals surface area contributed by atoms with Crippen LogP contribution in [0.4, 0.5) is 20.3 Å². The van der Waals surface area contributed by atoms with Gasteiger partial charge < -0.3 is 15.0 Å². The van der Waals surface area contributed by atoms with Crippen LogP contribution >= 0.6 is 0 Å². The molecule has 8 heteroatoms. The van der Waals surface area contributed by atoms with E-state index in [0.717, 1.165) is 47.6 Å². The number of aryl methyl sites for hydroxylation is 1. The highest BCUT2D eigenvalue weighted by Crippen LogP contribution is 2.32. The zero-order chi connectivity index (χ0) is 23.7. The molecule has 3 aromatic rings. The third-order valence-corrected chi connectivity index (χ3v) is 6.71. The number of alkyl halides is 2. The average molecular weight is 456 g/mol. The summed E-state index contributed by atoms with van der Waals surface area (Å²) in [6.45, 7) is 10.2. The van der Waals surface area contributed by atoms with Gasteiger partial charge in [-0.25, -0.2) is 8.78 Å². The molecule has 1 aromatic carbocycles. The number of rotatable bonds is 7. The van der Waals surface area contributed by atoms with Gasteiger partial charge in [0, 0.05) is 37.1 Å². The summed E-state index contributed by atoms with van der Waals surface area (Å²) in [5.74, 6) is 1.59. The first-order chi connectivity index (χ1) is 15.8. The Kier molecular flexibility index (Phi) is 6.74. The van der Waals surface area contributed by atoms with Crippen LogP contribution in [0.5, 0.6) is 0 Å². The fourth-order valence-electron chi connectivity index (χ4n) is 4.52. The maximum atomic E-state index is 13.4. The number of nitrogens with one attached hydrogen (secondary N) is 1. The highest BCUT2D eigenvalue weighted by Gasteiger charge is 2.26. The number of benzene rings is 1. The first-order valence-corrected chi connectivity index (χ1v) is 11.3. The minimum absolute atomic E-state index is 0.0525. The number of aromatic nitrogens is 3. The fourth-order valence-corrected chi connectivity index (χ4v) is 4.52. The van der Waals surface area contributed by atoms with Crippen LogP contribution in [0.25, 0.3) is 10.9 Å². The molecular formula is C25H31F2N5O. The number of anilines is 2. The first-order valence-electron chi connectivity index (χ1n) is 11.3. The lowest BCUT2D eigenvalue weighted by Gasteiger charge is -2.25. The van der Waals surface area contributed by atoms with E-state index in [2.05, 4.69) is 45.4 Å². The van der Waals surface area contributed by atoms with Gasteiger partial charge in [0.2, 0.25) is 0 Å². The molecule has 0 spiro atoms. The van der Waals surface area contributed by atoms with Gasteiger partial charge in [0.05, 0.1) is 35.7 Å². The van der Waals surface area contributed by atoms with E-state index in [4.69, 9.17) is 4.74 Å². The summed E-state index contributed by atoms with van der Waals surface area (Å²) in [4.78, 5) is 6.87. The molecule has 1 aliphatic heterocycles. The average Bonchev–Trinajstić information content (AvgIpc) is 3.19. The van der Waals surface area contributed by atoms with Crippen molar-refractivity contribution >= 4 is 22.4 Å². The molecule has 33 heavy (non-hydrogen) atoms. The molecule has 1 saturated heterocycles. The molecule has 6 nitrogen and oxygen atoms in total. The maximum Gasteiger partial charge on any atom is 0.264 e. The van der Waals surface area contributed by atoms with Gasteiger partial charge in [-0.15, -0.1) is 5.10 Å². The summed E-state index contributed by atoms with van der Waals surface area (Å²) >= 11 is 0. The van der Waals surface area contributed by atoms with Crippen molar-refractivity contribution in [2.45, 2.75) is 40.2 Å². The van der Waals surface area contributed by atoms with Crippen LogP contribution in [0.3, 0.4) is 0 Å². The molecule has 1 aliphatic rings. The van der Waals surface area contributed by atoms with Gasteiger partial charge in [-0.05, 0) is 43.9 Å². The number of nitrogens with zero attached hydrogens (tertiary/aromatic N) is 4. The van der Waals surface area contributed by atoms with Crippen molar-refractivity contribution in [1.29, 1.82) is 0 Å². The minimum atomic E-state index is -2.51. The van der Waals surface area contributed by atoms with Gasteiger partial charge in [-0.1, -0.05) is 25.1 Å². The Bertz CT molecular complexity index is 1140. The molecule has 0 saturated carbocycles. The topological polar surface area (TPSA) is 63.2 Å². The number of hydrogen-bond acceptors (Lipinski definition) is 6. The molecule has 1 N–H and O–H groups in total. The molecule has 3 heterocycles. The minimum Gasteiger partial charge on any atom is -0.381 e. The summed E-state index contributed by atoms with van der Waals surface area (Å²) in [5.41, 5.74) is 3.94.